The van der Waals surface area contributed by atoms with Gasteiger partial charge in [-0.05, 0) is 37.9 Å². The monoisotopic (exact) mass is 402 g/mol. The van der Waals surface area contributed by atoms with Gasteiger partial charge >= 0.3 is 0 Å². The molecule has 2 aliphatic rings. The summed E-state index contributed by atoms with van der Waals surface area (Å²) in [5.41, 5.74) is 2.49. The van der Waals surface area contributed by atoms with Crippen molar-refractivity contribution in [2.24, 2.45) is 5.92 Å². The highest BCUT2D eigenvalue weighted by Gasteiger charge is 2.22. The number of para-hydroxylation sites is 1. The van der Waals surface area contributed by atoms with Gasteiger partial charge in [-0.25, -0.2) is 4.98 Å². The molecule has 1 saturated heterocycles. The number of likely N-dealkylation sites (N-methyl/N-ethyl adjacent to an activating group) is 1. The quantitative estimate of drug-likeness (QED) is 0.733. The number of nitrogens with one attached hydrogen (secondary N) is 1. The first-order valence-corrected chi connectivity index (χ1v) is 10.1. The number of rotatable bonds is 8. The molecule has 1 N–H and O–H groups in total. The maximum absolute atomic E-state index is 6.03. The van der Waals surface area contributed by atoms with Crippen LogP contribution in [-0.2, 0) is 13.1 Å². The van der Waals surface area contributed by atoms with E-state index in [9.17, 15) is 0 Å². The van der Waals surface area contributed by atoms with E-state index < -0.39 is 0 Å². The van der Waals surface area contributed by atoms with Crippen LogP contribution < -0.4 is 15.0 Å². The smallest absolute Gasteiger partial charge is 0.133 e. The minimum Gasteiger partial charge on any atom is -0.493 e. The second-order valence-electron chi connectivity index (χ2n) is 7.74. The largest absolute Gasteiger partial charge is 0.493 e. The summed E-state index contributed by atoms with van der Waals surface area (Å²) in [6.45, 7) is 6.73. The van der Waals surface area contributed by atoms with E-state index >= 15 is 0 Å². The van der Waals surface area contributed by atoms with E-state index in [1.54, 1.807) is 0 Å². The lowest BCUT2D eigenvalue weighted by atomic mass is 10.2. The first-order chi connectivity index (χ1) is 13.3. The lowest BCUT2D eigenvalue weighted by molar-refractivity contribution is 0.296. The topological polar surface area (TPSA) is 40.6 Å². The van der Waals surface area contributed by atoms with Crippen LogP contribution in [0.25, 0.3) is 0 Å². The van der Waals surface area contributed by atoms with Gasteiger partial charge in [0.2, 0.25) is 0 Å². The van der Waals surface area contributed by atoms with Crippen LogP contribution in [0.4, 0.5) is 5.82 Å². The third kappa shape index (κ3) is 5.60. The summed E-state index contributed by atoms with van der Waals surface area (Å²) in [5, 5.41) is 3.59. The SMILES string of the molecule is CN1CCN(c2ncccc2CNCc2ccccc2OCC2CC2)CC1.Cl. The summed E-state index contributed by atoms with van der Waals surface area (Å²) in [4.78, 5) is 9.45. The number of aromatic nitrogens is 1. The molecule has 28 heavy (non-hydrogen) atoms. The Morgan fingerprint density at radius 1 is 1.00 bits per heavy atom. The van der Waals surface area contributed by atoms with Gasteiger partial charge < -0.3 is 19.9 Å². The zero-order chi connectivity index (χ0) is 18.5. The molecular weight excluding hydrogens is 372 g/mol. The van der Waals surface area contributed by atoms with Crippen molar-refractivity contribution in [3.05, 3.63) is 53.7 Å². The Morgan fingerprint density at radius 3 is 2.50 bits per heavy atom. The van der Waals surface area contributed by atoms with Crippen molar-refractivity contribution in [2.45, 2.75) is 25.9 Å². The van der Waals surface area contributed by atoms with Crippen LogP contribution in [0, 0.1) is 5.92 Å². The Kier molecular flexibility index (Phi) is 7.54. The number of nitrogens with zero attached hydrogens (tertiary/aromatic N) is 3. The number of ether oxygens (including phenoxy) is 1. The number of pyridine rings is 1. The van der Waals surface area contributed by atoms with Crippen molar-refractivity contribution in [1.29, 1.82) is 0 Å². The van der Waals surface area contributed by atoms with E-state index in [1.165, 1.54) is 24.0 Å². The van der Waals surface area contributed by atoms with Gasteiger partial charge in [0.25, 0.3) is 0 Å². The van der Waals surface area contributed by atoms with Crippen molar-refractivity contribution in [3.8, 4) is 5.75 Å². The number of hydrogen-bond donors (Lipinski definition) is 1. The summed E-state index contributed by atoms with van der Waals surface area (Å²) < 4.78 is 6.03. The van der Waals surface area contributed by atoms with E-state index in [1.807, 2.05) is 12.3 Å². The van der Waals surface area contributed by atoms with Gasteiger partial charge in [0.05, 0.1) is 6.61 Å². The predicted octanol–water partition coefficient (Wildman–Crippen LogP) is 3.33. The number of hydrogen-bond acceptors (Lipinski definition) is 5. The van der Waals surface area contributed by atoms with Crippen molar-refractivity contribution in [2.75, 3.05) is 44.7 Å². The lowest BCUT2D eigenvalue weighted by Crippen LogP contribution is -2.45. The van der Waals surface area contributed by atoms with Gasteiger partial charge in [0.15, 0.2) is 0 Å². The third-order valence-electron chi connectivity index (χ3n) is 5.45. The second-order valence-corrected chi connectivity index (χ2v) is 7.74. The maximum Gasteiger partial charge on any atom is 0.133 e. The van der Waals surface area contributed by atoms with Crippen molar-refractivity contribution >= 4 is 18.2 Å². The van der Waals surface area contributed by atoms with Crippen LogP contribution in [0.5, 0.6) is 5.75 Å². The van der Waals surface area contributed by atoms with E-state index in [-0.39, 0.29) is 12.4 Å². The number of halogens is 1. The first kappa shape index (κ1) is 20.9. The summed E-state index contributed by atoms with van der Waals surface area (Å²) in [6.07, 6.45) is 4.53. The fraction of sp³-hybridized carbons (Fsp3) is 0.500. The average molecular weight is 403 g/mol. The highest BCUT2D eigenvalue weighted by molar-refractivity contribution is 5.85. The van der Waals surface area contributed by atoms with Crippen LogP contribution in [-0.4, -0.2) is 49.7 Å². The third-order valence-corrected chi connectivity index (χ3v) is 5.45. The Balaban J connectivity index is 0.00000225. The number of anilines is 1. The second kappa shape index (κ2) is 10.1. The summed E-state index contributed by atoms with van der Waals surface area (Å²) >= 11 is 0. The Labute approximate surface area is 174 Å². The van der Waals surface area contributed by atoms with Crippen LogP contribution in [0.3, 0.4) is 0 Å². The molecule has 1 saturated carbocycles. The fourth-order valence-electron chi connectivity index (χ4n) is 3.49. The molecule has 0 spiro atoms. The average Bonchev–Trinajstić information content (AvgIpc) is 3.53. The molecule has 0 bridgehead atoms. The van der Waals surface area contributed by atoms with Crippen molar-refractivity contribution in [1.82, 2.24) is 15.2 Å². The van der Waals surface area contributed by atoms with Gasteiger partial charge in [-0.1, -0.05) is 24.3 Å². The van der Waals surface area contributed by atoms with Crippen LogP contribution in [0.15, 0.2) is 42.6 Å². The number of benzene rings is 1. The molecule has 1 aromatic heterocycles. The molecule has 0 unspecified atom stereocenters. The lowest BCUT2D eigenvalue weighted by Gasteiger charge is -2.34. The molecule has 2 heterocycles. The van der Waals surface area contributed by atoms with Gasteiger partial charge in [0, 0.05) is 56.6 Å². The van der Waals surface area contributed by atoms with Crippen molar-refractivity contribution in [3.63, 3.8) is 0 Å². The highest BCUT2D eigenvalue weighted by Crippen LogP contribution is 2.30. The van der Waals surface area contributed by atoms with Crippen molar-refractivity contribution < 1.29 is 4.74 Å². The van der Waals surface area contributed by atoms with Crippen LogP contribution >= 0.6 is 12.4 Å². The molecule has 0 radical (unpaired) electrons. The summed E-state index contributed by atoms with van der Waals surface area (Å²) in [5.74, 6) is 2.91. The maximum atomic E-state index is 6.03. The molecule has 0 amide bonds. The van der Waals surface area contributed by atoms with E-state index in [2.05, 4.69) is 57.5 Å². The first-order valence-electron chi connectivity index (χ1n) is 10.1. The van der Waals surface area contributed by atoms with Gasteiger partial charge in [-0.2, -0.15) is 0 Å². The molecule has 6 heteroatoms. The molecule has 0 atom stereocenters. The Morgan fingerprint density at radius 2 is 1.71 bits per heavy atom. The summed E-state index contributed by atoms with van der Waals surface area (Å²) in [7, 11) is 2.18. The molecular formula is C22H31ClN4O. The standard InChI is InChI=1S/C22H30N4O.ClH/c1-25-11-13-26(14-12-25)22-20(6-4-10-24-22)16-23-15-19-5-2-3-7-21(19)27-17-18-8-9-18;/h2-7,10,18,23H,8-9,11-17H2,1H3;1H. The molecule has 1 aliphatic heterocycles. The predicted molar refractivity (Wildman–Crippen MR) is 116 cm³/mol. The van der Waals surface area contributed by atoms with Gasteiger partial charge in [-0.15, -0.1) is 12.4 Å². The minimum atomic E-state index is 0. The van der Waals surface area contributed by atoms with E-state index in [0.717, 1.165) is 63.4 Å². The van der Waals surface area contributed by atoms with Gasteiger partial charge in [-0.3, -0.25) is 0 Å². The molecule has 2 aromatic rings. The minimum absolute atomic E-state index is 0. The zero-order valence-electron chi connectivity index (χ0n) is 16.6. The van der Waals surface area contributed by atoms with Crippen LogP contribution in [0.2, 0.25) is 0 Å². The summed E-state index contributed by atoms with van der Waals surface area (Å²) in [6, 6.07) is 12.6. The molecule has 4 rings (SSSR count). The van der Waals surface area contributed by atoms with Crippen LogP contribution in [0.1, 0.15) is 24.0 Å². The number of piperazine rings is 1. The Hall–Kier alpha value is -1.82. The fourth-order valence-corrected chi connectivity index (χ4v) is 3.49. The molecule has 5 nitrogen and oxygen atoms in total. The molecule has 152 valence electrons. The van der Waals surface area contributed by atoms with E-state index in [4.69, 9.17) is 4.74 Å². The normalized spacial score (nSPS) is 17.2. The molecule has 2 fully saturated rings. The zero-order valence-corrected chi connectivity index (χ0v) is 17.5. The molecule has 1 aromatic carbocycles. The Bertz CT molecular complexity index is 745. The molecule has 1 aliphatic carbocycles. The highest BCUT2D eigenvalue weighted by atomic mass is 35.5. The van der Waals surface area contributed by atoms with Gasteiger partial charge in [0.1, 0.15) is 11.6 Å². The van der Waals surface area contributed by atoms with E-state index in [0.29, 0.717) is 0 Å².